The quantitative estimate of drug-likeness (QED) is 0.326. The van der Waals surface area contributed by atoms with Crippen LogP contribution in [-0.4, -0.2) is 43.7 Å². The molecule has 0 aliphatic heterocycles. The van der Waals surface area contributed by atoms with Gasteiger partial charge in [-0.25, -0.2) is 9.07 Å². The van der Waals surface area contributed by atoms with Gasteiger partial charge in [0.2, 0.25) is 0 Å². The fraction of sp³-hybridized carbons (Fsp3) is 0.214. The first-order valence-corrected chi connectivity index (χ1v) is 12.0. The molecule has 5 rings (SSSR count). The molecule has 0 spiro atoms. The molecule has 9 heteroatoms. The van der Waals surface area contributed by atoms with Crippen LogP contribution in [0.2, 0.25) is 0 Å². The lowest BCUT2D eigenvalue weighted by atomic mass is 10.0. The maximum atomic E-state index is 13.5. The molecular weight excluding hydrogens is 471 g/mol. The Labute approximate surface area is 213 Å². The van der Waals surface area contributed by atoms with E-state index in [1.807, 2.05) is 43.3 Å². The van der Waals surface area contributed by atoms with Gasteiger partial charge in [-0.15, -0.1) is 5.10 Å². The number of aromatic amines is 1. The van der Waals surface area contributed by atoms with Crippen LogP contribution >= 0.6 is 0 Å². The van der Waals surface area contributed by atoms with Gasteiger partial charge >= 0.3 is 0 Å². The van der Waals surface area contributed by atoms with Gasteiger partial charge in [-0.1, -0.05) is 49.4 Å². The van der Waals surface area contributed by atoms with E-state index in [0.29, 0.717) is 42.3 Å². The van der Waals surface area contributed by atoms with Crippen LogP contribution in [0.4, 0.5) is 4.39 Å². The van der Waals surface area contributed by atoms with Crippen molar-refractivity contribution in [2.45, 2.75) is 26.1 Å². The zero-order valence-electron chi connectivity index (χ0n) is 20.6. The zero-order valence-corrected chi connectivity index (χ0v) is 20.6. The Bertz CT molecular complexity index is 1550. The van der Waals surface area contributed by atoms with E-state index >= 15 is 0 Å². The van der Waals surface area contributed by atoms with Gasteiger partial charge in [0.15, 0.2) is 5.82 Å². The number of rotatable bonds is 9. The second kappa shape index (κ2) is 10.7. The summed E-state index contributed by atoms with van der Waals surface area (Å²) in [6.07, 6.45) is 0. The maximum Gasteiger partial charge on any atom is 0.253 e. The smallest absolute Gasteiger partial charge is 0.253 e. The minimum absolute atomic E-state index is 0.228. The molecule has 0 bridgehead atoms. The van der Waals surface area contributed by atoms with Crippen molar-refractivity contribution in [3.8, 4) is 5.75 Å². The lowest BCUT2D eigenvalue weighted by Gasteiger charge is -2.30. The first-order chi connectivity index (χ1) is 18.1. The van der Waals surface area contributed by atoms with Gasteiger partial charge in [0.25, 0.3) is 5.56 Å². The second-order valence-corrected chi connectivity index (χ2v) is 8.78. The highest BCUT2D eigenvalue weighted by Gasteiger charge is 2.30. The summed E-state index contributed by atoms with van der Waals surface area (Å²) >= 11 is 0. The Hall–Kier alpha value is -4.37. The zero-order chi connectivity index (χ0) is 25.8. The van der Waals surface area contributed by atoms with E-state index in [2.05, 4.69) is 37.5 Å². The molecule has 8 nitrogen and oxygen atoms in total. The minimum Gasteiger partial charge on any atom is -0.497 e. The first-order valence-electron chi connectivity index (χ1n) is 12.0. The van der Waals surface area contributed by atoms with Crippen LogP contribution in [-0.2, 0) is 13.1 Å². The number of tetrazole rings is 1. The molecule has 0 fully saturated rings. The molecule has 0 amide bonds. The van der Waals surface area contributed by atoms with Gasteiger partial charge in [0.1, 0.15) is 17.6 Å². The van der Waals surface area contributed by atoms with E-state index < -0.39 is 6.04 Å². The van der Waals surface area contributed by atoms with Crippen molar-refractivity contribution < 1.29 is 9.13 Å². The average molecular weight is 499 g/mol. The predicted molar refractivity (Wildman–Crippen MR) is 139 cm³/mol. The summed E-state index contributed by atoms with van der Waals surface area (Å²) in [4.78, 5) is 18.7. The molecule has 1 atom stereocenters. The van der Waals surface area contributed by atoms with Gasteiger partial charge in [-0.3, -0.25) is 9.69 Å². The number of methoxy groups -OCH3 is 1. The van der Waals surface area contributed by atoms with Crippen LogP contribution < -0.4 is 10.3 Å². The van der Waals surface area contributed by atoms with Crippen molar-refractivity contribution in [3.05, 3.63) is 118 Å². The molecule has 1 N–H and O–H groups in total. The number of hydrogen-bond acceptors (Lipinski definition) is 6. The monoisotopic (exact) mass is 498 g/mol. The summed E-state index contributed by atoms with van der Waals surface area (Å²) in [6, 6.07) is 23.2. The van der Waals surface area contributed by atoms with Crippen molar-refractivity contribution >= 4 is 10.9 Å². The molecule has 0 saturated heterocycles. The number of hydrogen-bond donors (Lipinski definition) is 1. The summed E-state index contributed by atoms with van der Waals surface area (Å²) in [5, 5.41) is 13.4. The first kappa shape index (κ1) is 24.3. The van der Waals surface area contributed by atoms with Crippen molar-refractivity contribution in [2.75, 3.05) is 13.7 Å². The lowest BCUT2D eigenvalue weighted by Crippen LogP contribution is -2.35. The summed E-state index contributed by atoms with van der Waals surface area (Å²) in [7, 11) is 1.59. The standard InChI is InChI=1S/C28H27FN6O2/c1-3-34(17-19-7-5-4-6-8-19)26(24-15-21-11-14-23(37-2)16-25(21)30-28(24)36)27-31-32-33-35(27)18-20-9-12-22(29)13-10-20/h4-16,26H,3,17-18H2,1-2H3,(H,30,36). The molecule has 1 unspecified atom stereocenters. The number of nitrogens with one attached hydrogen (secondary N) is 1. The van der Waals surface area contributed by atoms with Crippen molar-refractivity contribution in [3.63, 3.8) is 0 Å². The van der Waals surface area contributed by atoms with E-state index in [9.17, 15) is 9.18 Å². The van der Waals surface area contributed by atoms with Crippen LogP contribution in [0.15, 0.2) is 83.7 Å². The lowest BCUT2D eigenvalue weighted by molar-refractivity contribution is 0.214. The Kier molecular flexibility index (Phi) is 7.04. The Morgan fingerprint density at radius 1 is 1.03 bits per heavy atom. The van der Waals surface area contributed by atoms with E-state index in [-0.39, 0.29) is 11.4 Å². The summed E-state index contributed by atoms with van der Waals surface area (Å²) in [6.45, 7) is 3.61. The number of aromatic nitrogens is 5. The molecule has 0 aliphatic carbocycles. The number of benzene rings is 3. The fourth-order valence-electron chi connectivity index (χ4n) is 4.51. The van der Waals surface area contributed by atoms with E-state index in [4.69, 9.17) is 4.74 Å². The molecule has 5 aromatic rings. The SMILES string of the molecule is CCN(Cc1ccccc1)C(c1cc2ccc(OC)cc2[nH]c1=O)c1nnnn1Cc1ccc(F)cc1. The third-order valence-corrected chi connectivity index (χ3v) is 6.43. The molecule has 2 heterocycles. The van der Waals surface area contributed by atoms with E-state index in [1.165, 1.54) is 12.1 Å². The Morgan fingerprint density at radius 3 is 2.54 bits per heavy atom. The molecule has 188 valence electrons. The molecule has 2 aromatic heterocycles. The van der Waals surface area contributed by atoms with Crippen LogP contribution in [0.1, 0.15) is 35.5 Å². The largest absolute Gasteiger partial charge is 0.497 e. The third-order valence-electron chi connectivity index (χ3n) is 6.43. The van der Waals surface area contributed by atoms with E-state index in [1.54, 1.807) is 30.0 Å². The van der Waals surface area contributed by atoms with Gasteiger partial charge in [0, 0.05) is 18.2 Å². The topological polar surface area (TPSA) is 88.9 Å². The molecule has 3 aromatic carbocycles. The van der Waals surface area contributed by atoms with Gasteiger partial charge in [-0.05, 0) is 63.8 Å². The summed E-state index contributed by atoms with van der Waals surface area (Å²) in [5.41, 5.74) is 2.94. The van der Waals surface area contributed by atoms with Crippen LogP contribution in [0.25, 0.3) is 10.9 Å². The number of pyridine rings is 1. The maximum absolute atomic E-state index is 13.5. The fourth-order valence-corrected chi connectivity index (χ4v) is 4.51. The van der Waals surface area contributed by atoms with E-state index in [0.717, 1.165) is 16.5 Å². The number of nitrogens with zero attached hydrogens (tertiary/aromatic N) is 5. The highest BCUT2D eigenvalue weighted by atomic mass is 19.1. The van der Waals surface area contributed by atoms with Gasteiger partial charge in [-0.2, -0.15) is 0 Å². The Balaban J connectivity index is 1.62. The third kappa shape index (κ3) is 5.26. The number of halogens is 1. The number of ether oxygens (including phenoxy) is 1. The molecule has 0 aliphatic rings. The average Bonchev–Trinajstić information content (AvgIpc) is 3.37. The normalized spacial score (nSPS) is 12.2. The Morgan fingerprint density at radius 2 is 1.81 bits per heavy atom. The van der Waals surface area contributed by atoms with Crippen LogP contribution in [0.3, 0.4) is 0 Å². The molecule has 37 heavy (non-hydrogen) atoms. The predicted octanol–water partition coefficient (Wildman–Crippen LogP) is 4.32. The van der Waals surface area contributed by atoms with Gasteiger partial charge < -0.3 is 9.72 Å². The van der Waals surface area contributed by atoms with Crippen molar-refractivity contribution in [2.24, 2.45) is 0 Å². The van der Waals surface area contributed by atoms with Crippen molar-refractivity contribution in [1.82, 2.24) is 30.1 Å². The highest BCUT2D eigenvalue weighted by molar-refractivity contribution is 5.80. The summed E-state index contributed by atoms with van der Waals surface area (Å²) < 4.78 is 20.5. The molecular formula is C28H27FN6O2. The number of H-pyrrole nitrogens is 1. The summed E-state index contributed by atoms with van der Waals surface area (Å²) in [5.74, 6) is 0.883. The minimum atomic E-state index is -0.532. The van der Waals surface area contributed by atoms with Crippen LogP contribution in [0.5, 0.6) is 5.75 Å². The molecule has 0 radical (unpaired) electrons. The van der Waals surface area contributed by atoms with Crippen LogP contribution in [0, 0.1) is 5.82 Å². The van der Waals surface area contributed by atoms with Gasteiger partial charge in [0.05, 0.1) is 19.2 Å². The highest BCUT2D eigenvalue weighted by Crippen LogP contribution is 2.29. The molecule has 0 saturated carbocycles. The second-order valence-electron chi connectivity index (χ2n) is 8.78. The van der Waals surface area contributed by atoms with Crippen molar-refractivity contribution in [1.29, 1.82) is 0 Å². The number of fused-ring (bicyclic) bond motifs is 1.